The Morgan fingerprint density at radius 3 is 2.68 bits per heavy atom. The summed E-state index contributed by atoms with van der Waals surface area (Å²) in [6.07, 6.45) is 0. The van der Waals surface area contributed by atoms with Crippen LogP contribution in [-0.4, -0.2) is 19.0 Å². The monoisotopic (exact) mass is 335 g/mol. The third kappa shape index (κ3) is 3.09. The van der Waals surface area contributed by atoms with Crippen molar-refractivity contribution in [2.45, 2.75) is 0 Å². The van der Waals surface area contributed by atoms with Gasteiger partial charge in [-0.15, -0.1) is 22.7 Å². The molecule has 0 aliphatic carbocycles. The van der Waals surface area contributed by atoms with Gasteiger partial charge in [-0.3, -0.25) is 4.79 Å². The van der Waals surface area contributed by atoms with Crippen molar-refractivity contribution in [1.29, 1.82) is 0 Å². The molecule has 8 heteroatoms. The number of anilines is 1. The van der Waals surface area contributed by atoms with Crippen molar-refractivity contribution in [3.8, 4) is 0 Å². The molecule has 0 saturated carbocycles. The fourth-order valence-corrected chi connectivity index (χ4v) is 3.33. The van der Waals surface area contributed by atoms with Crippen LogP contribution in [0.2, 0.25) is 9.36 Å². The molecule has 100 valence electrons. The van der Waals surface area contributed by atoms with E-state index in [1.165, 1.54) is 24.5 Å². The molecule has 2 heterocycles. The van der Waals surface area contributed by atoms with Gasteiger partial charge in [0.25, 0.3) is 5.91 Å². The van der Waals surface area contributed by atoms with Gasteiger partial charge in [0.2, 0.25) is 0 Å². The first-order chi connectivity index (χ1) is 9.02. The zero-order valence-corrected chi connectivity index (χ0v) is 12.7. The first-order valence-corrected chi connectivity index (χ1v) is 7.40. The number of methoxy groups -OCH3 is 1. The number of halogens is 2. The Kier molecular flexibility index (Phi) is 4.46. The molecule has 1 N–H and O–H groups in total. The van der Waals surface area contributed by atoms with Gasteiger partial charge in [-0.1, -0.05) is 23.2 Å². The summed E-state index contributed by atoms with van der Waals surface area (Å²) in [6, 6.07) is 3.11. The highest BCUT2D eigenvalue weighted by molar-refractivity contribution is 7.18. The molecule has 0 unspecified atom stereocenters. The summed E-state index contributed by atoms with van der Waals surface area (Å²) < 4.78 is 4.98. The van der Waals surface area contributed by atoms with Crippen molar-refractivity contribution in [3.63, 3.8) is 0 Å². The molecule has 2 rings (SSSR count). The van der Waals surface area contributed by atoms with Crippen molar-refractivity contribution in [2.75, 3.05) is 12.4 Å². The summed E-state index contributed by atoms with van der Waals surface area (Å²) in [4.78, 5) is 24.2. The lowest BCUT2D eigenvalue weighted by Gasteiger charge is -2.03. The van der Waals surface area contributed by atoms with Crippen LogP contribution >= 0.6 is 45.9 Å². The van der Waals surface area contributed by atoms with Gasteiger partial charge in [0.1, 0.15) is 9.21 Å². The molecule has 2 aromatic rings. The zero-order chi connectivity index (χ0) is 14.0. The minimum Gasteiger partial charge on any atom is -0.465 e. The lowest BCUT2D eigenvalue weighted by Crippen LogP contribution is -2.12. The summed E-state index contributed by atoms with van der Waals surface area (Å²) in [5, 5.41) is 4.65. The van der Waals surface area contributed by atoms with Crippen LogP contribution in [-0.2, 0) is 4.74 Å². The molecular weight excluding hydrogens is 329 g/mol. The third-order valence-corrected chi connectivity index (χ3v) is 4.91. The maximum absolute atomic E-state index is 12.0. The van der Waals surface area contributed by atoms with E-state index in [1.54, 1.807) is 11.4 Å². The van der Waals surface area contributed by atoms with E-state index in [-0.39, 0.29) is 5.91 Å². The second kappa shape index (κ2) is 5.92. The van der Waals surface area contributed by atoms with E-state index in [2.05, 4.69) is 10.1 Å². The molecule has 0 atom stereocenters. The first-order valence-electron chi connectivity index (χ1n) is 4.95. The fraction of sp³-hybridized carbons (Fsp3) is 0.0909. The number of ether oxygens (including phenoxy) is 1. The number of carbonyl (C=O) groups excluding carboxylic acids is 2. The molecule has 0 spiro atoms. The van der Waals surface area contributed by atoms with Crippen molar-refractivity contribution < 1.29 is 14.3 Å². The Labute approximate surface area is 126 Å². The molecule has 0 aliphatic heterocycles. The summed E-state index contributed by atoms with van der Waals surface area (Å²) in [6.45, 7) is 0. The van der Waals surface area contributed by atoms with E-state index in [4.69, 9.17) is 23.2 Å². The van der Waals surface area contributed by atoms with E-state index in [0.29, 0.717) is 24.8 Å². The minimum atomic E-state index is -0.493. The van der Waals surface area contributed by atoms with Crippen LogP contribution < -0.4 is 5.32 Å². The van der Waals surface area contributed by atoms with Gasteiger partial charge >= 0.3 is 5.97 Å². The fourth-order valence-electron chi connectivity index (χ4n) is 1.30. The maximum Gasteiger partial charge on any atom is 0.350 e. The molecular formula is C11H7Cl2NO3S2. The lowest BCUT2D eigenvalue weighted by atomic mass is 10.3. The van der Waals surface area contributed by atoms with Gasteiger partial charge in [0.05, 0.1) is 22.7 Å². The van der Waals surface area contributed by atoms with Crippen LogP contribution in [0.1, 0.15) is 19.3 Å². The van der Waals surface area contributed by atoms with Crippen LogP contribution in [0.4, 0.5) is 5.69 Å². The molecule has 1 amide bonds. The van der Waals surface area contributed by atoms with Crippen molar-refractivity contribution in [2.24, 2.45) is 0 Å². The Morgan fingerprint density at radius 2 is 2.11 bits per heavy atom. The SMILES string of the molecule is COC(=O)c1sccc1NC(=O)c1cc(Cl)c(Cl)s1. The average Bonchev–Trinajstić information content (AvgIpc) is 2.96. The molecule has 0 radical (unpaired) electrons. The van der Waals surface area contributed by atoms with E-state index >= 15 is 0 Å². The summed E-state index contributed by atoms with van der Waals surface area (Å²) >= 11 is 13.8. The number of carbonyl (C=O) groups is 2. The predicted octanol–water partition coefficient (Wildman–Crippen LogP) is 4.16. The molecule has 0 saturated heterocycles. The van der Waals surface area contributed by atoms with Gasteiger partial charge in [0, 0.05) is 0 Å². The molecule has 0 aliphatic rings. The van der Waals surface area contributed by atoms with Gasteiger partial charge in [-0.05, 0) is 17.5 Å². The van der Waals surface area contributed by atoms with Crippen LogP contribution in [0.5, 0.6) is 0 Å². The minimum absolute atomic E-state index is 0.329. The third-order valence-electron chi connectivity index (χ3n) is 2.15. The topological polar surface area (TPSA) is 55.4 Å². The molecule has 19 heavy (non-hydrogen) atoms. The zero-order valence-electron chi connectivity index (χ0n) is 9.53. The van der Waals surface area contributed by atoms with Crippen LogP contribution in [0.15, 0.2) is 17.5 Å². The highest BCUT2D eigenvalue weighted by Crippen LogP contribution is 2.32. The number of hydrogen-bond donors (Lipinski definition) is 1. The van der Waals surface area contributed by atoms with E-state index in [0.717, 1.165) is 11.3 Å². The number of esters is 1. The van der Waals surface area contributed by atoms with E-state index in [1.807, 2.05) is 0 Å². The van der Waals surface area contributed by atoms with E-state index < -0.39 is 5.97 Å². The van der Waals surface area contributed by atoms with E-state index in [9.17, 15) is 9.59 Å². The highest BCUT2D eigenvalue weighted by Gasteiger charge is 2.18. The molecule has 0 fully saturated rings. The van der Waals surface area contributed by atoms with Crippen molar-refractivity contribution in [1.82, 2.24) is 0 Å². The highest BCUT2D eigenvalue weighted by atomic mass is 35.5. The number of rotatable bonds is 3. The molecule has 2 aromatic heterocycles. The molecule has 4 nitrogen and oxygen atoms in total. The lowest BCUT2D eigenvalue weighted by molar-refractivity contribution is 0.0607. The summed E-state index contributed by atoms with van der Waals surface area (Å²) in [5.74, 6) is -0.866. The Hall–Kier alpha value is -1.08. The predicted molar refractivity (Wildman–Crippen MR) is 78.0 cm³/mol. The number of hydrogen-bond acceptors (Lipinski definition) is 5. The summed E-state index contributed by atoms with van der Waals surface area (Å²) in [5.41, 5.74) is 0.405. The van der Waals surface area contributed by atoms with Gasteiger partial charge < -0.3 is 10.1 Å². The average molecular weight is 336 g/mol. The molecule has 0 aromatic carbocycles. The Bertz CT molecular complexity index is 616. The van der Waals surface area contributed by atoms with Gasteiger partial charge in [-0.2, -0.15) is 0 Å². The standard InChI is InChI=1S/C11H7Cl2NO3S2/c1-17-11(16)8-6(2-3-18-8)14-10(15)7-4-5(12)9(13)19-7/h2-4H,1H3,(H,14,15). The van der Waals surface area contributed by atoms with Crippen molar-refractivity contribution >= 4 is 63.4 Å². The van der Waals surface area contributed by atoms with Crippen LogP contribution in [0, 0.1) is 0 Å². The normalized spacial score (nSPS) is 10.3. The second-order valence-corrected chi connectivity index (χ2v) is 6.32. The van der Waals surface area contributed by atoms with Crippen molar-refractivity contribution in [3.05, 3.63) is 36.6 Å². The van der Waals surface area contributed by atoms with Gasteiger partial charge in [-0.25, -0.2) is 4.79 Å². The smallest absolute Gasteiger partial charge is 0.350 e. The molecule has 0 bridgehead atoms. The number of amides is 1. The second-order valence-electron chi connectivity index (χ2n) is 3.34. The number of nitrogens with one attached hydrogen (secondary N) is 1. The maximum atomic E-state index is 12.0. The van der Waals surface area contributed by atoms with Crippen LogP contribution in [0.3, 0.4) is 0 Å². The Balaban J connectivity index is 2.20. The first kappa shape index (κ1) is 14.3. The van der Waals surface area contributed by atoms with Gasteiger partial charge in [0.15, 0.2) is 0 Å². The number of thiophene rings is 2. The quantitative estimate of drug-likeness (QED) is 0.857. The van der Waals surface area contributed by atoms with Crippen LogP contribution in [0.25, 0.3) is 0 Å². The largest absolute Gasteiger partial charge is 0.465 e. The Morgan fingerprint density at radius 1 is 1.37 bits per heavy atom. The summed E-state index contributed by atoms with van der Waals surface area (Å²) in [7, 11) is 1.28.